The van der Waals surface area contributed by atoms with E-state index >= 15 is 0 Å². The van der Waals surface area contributed by atoms with Crippen LogP contribution in [-0.2, 0) is 12.8 Å². The van der Waals surface area contributed by atoms with Crippen molar-refractivity contribution in [2.75, 3.05) is 19.6 Å². The molecule has 0 aliphatic carbocycles. The summed E-state index contributed by atoms with van der Waals surface area (Å²) in [6, 6.07) is 10.4. The Balaban J connectivity index is 1.98. The van der Waals surface area contributed by atoms with Crippen LogP contribution in [0.25, 0.3) is 0 Å². The first kappa shape index (κ1) is 13.7. The normalized spacial score (nSPS) is 11.1. The molecule has 0 bridgehead atoms. The van der Waals surface area contributed by atoms with Gasteiger partial charge >= 0.3 is 0 Å². The molecule has 102 valence electrons. The highest BCUT2D eigenvalue weighted by Crippen LogP contribution is 2.10. The third-order valence-electron chi connectivity index (χ3n) is 3.48. The lowest BCUT2D eigenvalue weighted by molar-refractivity contribution is 0.306. The summed E-state index contributed by atoms with van der Waals surface area (Å²) in [5, 5.41) is 11.3. The standard InChI is InChI=1S/C15H22N4/c1-3-19(4-2)11-10-14-15(17-18-16-14)12-13-8-6-5-7-9-13/h5-9H,3-4,10-12H2,1-2H3,(H,16,17,18). The van der Waals surface area contributed by atoms with E-state index in [-0.39, 0.29) is 0 Å². The highest BCUT2D eigenvalue weighted by Gasteiger charge is 2.09. The van der Waals surface area contributed by atoms with Gasteiger partial charge in [-0.2, -0.15) is 15.4 Å². The van der Waals surface area contributed by atoms with Crippen molar-refractivity contribution in [3.05, 3.63) is 47.3 Å². The first-order valence-electron chi connectivity index (χ1n) is 6.98. The molecular formula is C15H22N4. The fraction of sp³-hybridized carbons (Fsp3) is 0.467. The molecule has 0 saturated heterocycles. The van der Waals surface area contributed by atoms with Gasteiger partial charge in [-0.15, -0.1) is 0 Å². The number of nitrogens with zero attached hydrogens (tertiary/aromatic N) is 3. The molecule has 0 unspecified atom stereocenters. The molecule has 0 aliphatic rings. The van der Waals surface area contributed by atoms with Crippen LogP contribution < -0.4 is 0 Å². The Hall–Kier alpha value is -1.68. The Morgan fingerprint density at radius 2 is 1.68 bits per heavy atom. The molecule has 0 radical (unpaired) electrons. The minimum atomic E-state index is 0.852. The lowest BCUT2D eigenvalue weighted by Gasteiger charge is -2.16. The minimum Gasteiger partial charge on any atom is -0.303 e. The van der Waals surface area contributed by atoms with Crippen molar-refractivity contribution in [2.24, 2.45) is 0 Å². The maximum absolute atomic E-state index is 4.29. The molecule has 1 N–H and O–H groups in total. The van der Waals surface area contributed by atoms with E-state index in [9.17, 15) is 0 Å². The third-order valence-corrected chi connectivity index (χ3v) is 3.48. The van der Waals surface area contributed by atoms with Gasteiger partial charge in [0, 0.05) is 19.4 Å². The van der Waals surface area contributed by atoms with Gasteiger partial charge in [-0.05, 0) is 18.7 Å². The van der Waals surface area contributed by atoms with Crippen LogP contribution in [0.2, 0.25) is 0 Å². The van der Waals surface area contributed by atoms with Gasteiger partial charge < -0.3 is 4.90 Å². The monoisotopic (exact) mass is 258 g/mol. The number of aromatic nitrogens is 3. The molecule has 0 atom stereocenters. The molecule has 0 saturated carbocycles. The molecule has 19 heavy (non-hydrogen) atoms. The quantitative estimate of drug-likeness (QED) is 0.828. The van der Waals surface area contributed by atoms with Gasteiger partial charge in [0.2, 0.25) is 0 Å². The van der Waals surface area contributed by atoms with E-state index in [1.54, 1.807) is 0 Å². The van der Waals surface area contributed by atoms with E-state index in [1.807, 2.05) is 6.07 Å². The minimum absolute atomic E-state index is 0.852. The van der Waals surface area contributed by atoms with Crippen LogP contribution in [0.15, 0.2) is 30.3 Å². The summed E-state index contributed by atoms with van der Waals surface area (Å²) in [5.74, 6) is 0. The fourth-order valence-corrected chi connectivity index (χ4v) is 2.21. The van der Waals surface area contributed by atoms with Crippen molar-refractivity contribution < 1.29 is 0 Å². The van der Waals surface area contributed by atoms with Gasteiger partial charge in [0.05, 0.1) is 11.4 Å². The zero-order valence-electron chi connectivity index (χ0n) is 11.8. The Morgan fingerprint density at radius 3 is 2.37 bits per heavy atom. The maximum atomic E-state index is 4.29. The second kappa shape index (κ2) is 7.04. The van der Waals surface area contributed by atoms with Crippen LogP contribution in [0.5, 0.6) is 0 Å². The average molecular weight is 258 g/mol. The molecule has 4 heteroatoms. The highest BCUT2D eigenvalue weighted by atomic mass is 15.3. The Morgan fingerprint density at radius 1 is 1.00 bits per heavy atom. The molecule has 0 fully saturated rings. The van der Waals surface area contributed by atoms with Gasteiger partial charge in [-0.3, -0.25) is 0 Å². The van der Waals surface area contributed by atoms with Crippen molar-refractivity contribution in [3.8, 4) is 0 Å². The summed E-state index contributed by atoms with van der Waals surface area (Å²) < 4.78 is 0. The molecule has 0 amide bonds. The average Bonchev–Trinajstić information content (AvgIpc) is 2.88. The van der Waals surface area contributed by atoms with Crippen LogP contribution in [0.1, 0.15) is 30.8 Å². The Kier molecular flexibility index (Phi) is 5.10. The predicted octanol–water partition coefficient (Wildman–Crippen LogP) is 2.28. The highest BCUT2D eigenvalue weighted by molar-refractivity contribution is 5.23. The van der Waals surface area contributed by atoms with Gasteiger partial charge in [0.25, 0.3) is 0 Å². The molecule has 0 aliphatic heterocycles. The van der Waals surface area contributed by atoms with Gasteiger partial charge in [-0.1, -0.05) is 44.2 Å². The van der Waals surface area contributed by atoms with Crippen molar-refractivity contribution in [1.29, 1.82) is 0 Å². The third kappa shape index (κ3) is 3.89. The molecule has 4 nitrogen and oxygen atoms in total. The summed E-state index contributed by atoms with van der Waals surface area (Å²) in [6.45, 7) is 7.60. The van der Waals surface area contributed by atoms with E-state index in [0.29, 0.717) is 0 Å². The van der Waals surface area contributed by atoms with E-state index in [0.717, 1.165) is 43.9 Å². The maximum Gasteiger partial charge on any atom is 0.0900 e. The molecule has 0 spiro atoms. The summed E-state index contributed by atoms with van der Waals surface area (Å²) in [6.07, 6.45) is 1.81. The number of rotatable bonds is 7. The summed E-state index contributed by atoms with van der Waals surface area (Å²) in [4.78, 5) is 2.40. The smallest absolute Gasteiger partial charge is 0.0900 e. The van der Waals surface area contributed by atoms with Gasteiger partial charge in [-0.25, -0.2) is 0 Å². The van der Waals surface area contributed by atoms with Crippen molar-refractivity contribution in [1.82, 2.24) is 20.3 Å². The summed E-state index contributed by atoms with van der Waals surface area (Å²) >= 11 is 0. The first-order valence-corrected chi connectivity index (χ1v) is 6.98. The van der Waals surface area contributed by atoms with Crippen molar-refractivity contribution in [2.45, 2.75) is 26.7 Å². The molecular weight excluding hydrogens is 236 g/mol. The SMILES string of the molecule is CCN(CC)CCc1n[nH]nc1Cc1ccccc1. The molecule has 2 rings (SSSR count). The van der Waals surface area contributed by atoms with Crippen LogP contribution in [0.3, 0.4) is 0 Å². The number of likely N-dealkylation sites (N-methyl/N-ethyl adjacent to an activating group) is 1. The topological polar surface area (TPSA) is 44.8 Å². The number of H-pyrrole nitrogens is 1. The number of nitrogens with one attached hydrogen (secondary N) is 1. The van der Waals surface area contributed by atoms with E-state index in [1.165, 1.54) is 5.56 Å². The zero-order chi connectivity index (χ0) is 13.5. The van der Waals surface area contributed by atoms with Crippen LogP contribution in [0, 0.1) is 0 Å². The number of hydrogen-bond acceptors (Lipinski definition) is 3. The van der Waals surface area contributed by atoms with Crippen LogP contribution >= 0.6 is 0 Å². The largest absolute Gasteiger partial charge is 0.303 e. The fourth-order valence-electron chi connectivity index (χ4n) is 2.21. The first-order chi connectivity index (χ1) is 9.33. The Labute approximate surface area is 114 Å². The predicted molar refractivity (Wildman–Crippen MR) is 77.1 cm³/mol. The molecule has 1 heterocycles. The summed E-state index contributed by atoms with van der Waals surface area (Å²) in [5.41, 5.74) is 3.44. The van der Waals surface area contributed by atoms with Crippen molar-refractivity contribution >= 4 is 0 Å². The van der Waals surface area contributed by atoms with Crippen LogP contribution in [0.4, 0.5) is 0 Å². The Bertz CT molecular complexity index is 474. The second-order valence-electron chi connectivity index (χ2n) is 4.66. The molecule has 2 aromatic rings. The van der Waals surface area contributed by atoms with E-state index in [2.05, 4.69) is 58.4 Å². The summed E-state index contributed by atoms with van der Waals surface area (Å²) in [7, 11) is 0. The molecule has 1 aromatic heterocycles. The lowest BCUT2D eigenvalue weighted by Crippen LogP contribution is -2.25. The van der Waals surface area contributed by atoms with Gasteiger partial charge in [0.1, 0.15) is 0 Å². The number of aromatic amines is 1. The van der Waals surface area contributed by atoms with Crippen molar-refractivity contribution in [3.63, 3.8) is 0 Å². The van der Waals surface area contributed by atoms with Crippen LogP contribution in [-0.4, -0.2) is 39.9 Å². The van der Waals surface area contributed by atoms with Gasteiger partial charge in [0.15, 0.2) is 0 Å². The van der Waals surface area contributed by atoms with E-state index in [4.69, 9.17) is 0 Å². The lowest BCUT2D eigenvalue weighted by atomic mass is 10.1. The molecule has 1 aromatic carbocycles. The number of hydrogen-bond donors (Lipinski definition) is 1. The number of benzene rings is 1. The zero-order valence-corrected chi connectivity index (χ0v) is 11.8. The van der Waals surface area contributed by atoms with E-state index < -0.39 is 0 Å². The second-order valence-corrected chi connectivity index (χ2v) is 4.66.